The molecule has 4 aromatic rings. The van der Waals surface area contributed by atoms with Gasteiger partial charge in [0.2, 0.25) is 0 Å². The molecular weight excluding hydrogens is 424 g/mol. The second kappa shape index (κ2) is 9.16. The lowest BCUT2D eigenvalue weighted by Gasteiger charge is -2.09. The zero-order valence-electron chi connectivity index (χ0n) is 18.3. The molecule has 0 saturated carbocycles. The molecule has 5 nitrogen and oxygen atoms in total. The fourth-order valence-corrected chi connectivity index (χ4v) is 4.19. The zero-order valence-corrected chi connectivity index (χ0v) is 18.3. The minimum Gasteiger partial charge on any atom is -0.322 e. The Morgan fingerprint density at radius 1 is 0.618 bits per heavy atom. The van der Waals surface area contributed by atoms with Gasteiger partial charge in [0.1, 0.15) is 6.04 Å². The molecule has 166 valence electrons. The molecule has 4 aromatic carbocycles. The van der Waals surface area contributed by atoms with E-state index in [2.05, 4.69) is 5.32 Å². The third-order valence-corrected chi connectivity index (χ3v) is 5.91. The molecule has 2 amide bonds. The largest absolute Gasteiger partial charge is 0.322 e. The van der Waals surface area contributed by atoms with Gasteiger partial charge in [-0.3, -0.25) is 14.4 Å². The van der Waals surface area contributed by atoms with Gasteiger partial charge in [-0.05, 0) is 35.9 Å². The van der Waals surface area contributed by atoms with E-state index in [1.54, 1.807) is 65.6 Å². The van der Waals surface area contributed by atoms with Crippen LogP contribution in [0.3, 0.4) is 0 Å². The lowest BCUT2D eigenvalue weighted by molar-refractivity contribution is 0.0833. The molecule has 0 bridgehead atoms. The fraction of sp³-hybridized carbons (Fsp3) is 0.0690. The minimum atomic E-state index is -0.570. The van der Waals surface area contributed by atoms with Crippen molar-refractivity contribution in [1.82, 2.24) is 4.90 Å². The van der Waals surface area contributed by atoms with E-state index in [9.17, 15) is 14.4 Å². The van der Waals surface area contributed by atoms with E-state index in [0.29, 0.717) is 22.4 Å². The SMILES string of the molecule is O=C(Nc1cccc(C(=O)N2[C@H](C(=O)c3ccccc3)[C@H]2c2ccccc2)c1)c1ccccc1. The van der Waals surface area contributed by atoms with Crippen LogP contribution in [-0.4, -0.2) is 28.5 Å². The maximum absolute atomic E-state index is 13.5. The van der Waals surface area contributed by atoms with Crippen LogP contribution < -0.4 is 5.32 Å². The van der Waals surface area contributed by atoms with Crippen LogP contribution >= 0.6 is 0 Å². The summed E-state index contributed by atoms with van der Waals surface area (Å²) in [5.74, 6) is -0.591. The van der Waals surface area contributed by atoms with Gasteiger partial charge in [-0.25, -0.2) is 0 Å². The Bertz CT molecular complexity index is 1340. The normalized spacial score (nSPS) is 16.5. The van der Waals surface area contributed by atoms with Gasteiger partial charge in [-0.15, -0.1) is 0 Å². The number of hydrogen-bond acceptors (Lipinski definition) is 3. The average molecular weight is 447 g/mol. The maximum Gasteiger partial charge on any atom is 0.255 e. The Balaban J connectivity index is 1.40. The van der Waals surface area contributed by atoms with E-state index in [-0.39, 0.29) is 23.6 Å². The van der Waals surface area contributed by atoms with Gasteiger partial charge >= 0.3 is 0 Å². The highest BCUT2D eigenvalue weighted by Crippen LogP contribution is 2.46. The van der Waals surface area contributed by atoms with Crippen molar-refractivity contribution in [3.8, 4) is 0 Å². The molecule has 0 spiro atoms. The standard InChI is InChI=1S/C29H22N2O3/c32-27(21-13-6-2-7-14-21)26-25(20-11-4-1-5-12-20)31(26)29(34)23-17-10-18-24(19-23)30-28(33)22-15-8-3-9-16-22/h1-19,25-26H,(H,30,33)/t25-,26+,31?/m1/s1. The van der Waals surface area contributed by atoms with Gasteiger partial charge in [0, 0.05) is 22.4 Å². The monoisotopic (exact) mass is 446 g/mol. The van der Waals surface area contributed by atoms with Gasteiger partial charge in [-0.1, -0.05) is 84.9 Å². The molecule has 5 rings (SSSR count). The van der Waals surface area contributed by atoms with Gasteiger partial charge in [0.15, 0.2) is 5.78 Å². The summed E-state index contributed by atoms with van der Waals surface area (Å²) in [5, 5.41) is 2.84. The van der Waals surface area contributed by atoms with Crippen molar-refractivity contribution in [2.75, 3.05) is 5.32 Å². The predicted octanol–water partition coefficient (Wildman–Crippen LogP) is 5.39. The number of Topliss-reactive ketones (excluding diaryl/α,β-unsaturated/α-hetero) is 1. The molecule has 1 heterocycles. The molecule has 0 aromatic heterocycles. The summed E-state index contributed by atoms with van der Waals surface area (Å²) in [5.41, 5.74) is 2.95. The fourth-order valence-electron chi connectivity index (χ4n) is 4.19. The number of anilines is 1. The number of benzene rings is 4. The second-order valence-corrected chi connectivity index (χ2v) is 8.14. The van der Waals surface area contributed by atoms with E-state index in [0.717, 1.165) is 5.56 Å². The van der Waals surface area contributed by atoms with Crippen LogP contribution in [0.15, 0.2) is 115 Å². The summed E-state index contributed by atoms with van der Waals surface area (Å²) in [7, 11) is 0. The number of nitrogens with one attached hydrogen (secondary N) is 1. The van der Waals surface area contributed by atoms with Crippen molar-refractivity contribution >= 4 is 23.3 Å². The Morgan fingerprint density at radius 2 is 1.18 bits per heavy atom. The van der Waals surface area contributed by atoms with Crippen molar-refractivity contribution < 1.29 is 14.4 Å². The smallest absolute Gasteiger partial charge is 0.255 e. The zero-order chi connectivity index (χ0) is 23.5. The van der Waals surface area contributed by atoms with Crippen molar-refractivity contribution in [3.63, 3.8) is 0 Å². The first-order chi connectivity index (χ1) is 16.6. The quantitative estimate of drug-likeness (QED) is 0.319. The number of rotatable bonds is 6. The molecule has 1 aliphatic rings. The van der Waals surface area contributed by atoms with E-state index in [4.69, 9.17) is 0 Å². The van der Waals surface area contributed by atoms with Crippen LogP contribution in [0.4, 0.5) is 5.69 Å². The molecule has 2 atom stereocenters. The highest BCUT2D eigenvalue weighted by molar-refractivity contribution is 6.09. The van der Waals surface area contributed by atoms with Crippen molar-refractivity contribution in [2.45, 2.75) is 12.1 Å². The maximum atomic E-state index is 13.5. The van der Waals surface area contributed by atoms with E-state index in [1.807, 2.05) is 54.6 Å². The van der Waals surface area contributed by atoms with Crippen LogP contribution in [0, 0.1) is 0 Å². The number of hydrogen-bond donors (Lipinski definition) is 1. The number of ketones is 1. The van der Waals surface area contributed by atoms with E-state index >= 15 is 0 Å². The summed E-state index contributed by atoms with van der Waals surface area (Å²) >= 11 is 0. The Labute approximate surface area is 197 Å². The molecule has 0 radical (unpaired) electrons. The molecule has 5 heteroatoms. The van der Waals surface area contributed by atoms with E-state index in [1.165, 1.54) is 0 Å². The van der Waals surface area contributed by atoms with Gasteiger partial charge < -0.3 is 10.2 Å². The highest BCUT2D eigenvalue weighted by Gasteiger charge is 2.56. The van der Waals surface area contributed by atoms with Gasteiger partial charge in [0.05, 0.1) is 6.04 Å². The summed E-state index contributed by atoms with van der Waals surface area (Å²) in [6.45, 7) is 0. The lowest BCUT2D eigenvalue weighted by atomic mass is 10.0. The Hall–Kier alpha value is -4.51. The molecule has 0 aliphatic carbocycles. The third-order valence-electron chi connectivity index (χ3n) is 5.91. The van der Waals surface area contributed by atoms with Crippen LogP contribution in [0.25, 0.3) is 0 Å². The molecule has 34 heavy (non-hydrogen) atoms. The second-order valence-electron chi connectivity index (χ2n) is 8.14. The summed E-state index contributed by atoms with van der Waals surface area (Å²) < 4.78 is 0. The first kappa shape index (κ1) is 21.3. The molecular formula is C29H22N2O3. The first-order valence-corrected chi connectivity index (χ1v) is 11.1. The number of nitrogens with zero attached hydrogens (tertiary/aromatic N) is 1. The highest BCUT2D eigenvalue weighted by atomic mass is 16.2. The summed E-state index contributed by atoms with van der Waals surface area (Å²) in [6.07, 6.45) is 0. The molecule has 0 unspecified atom stereocenters. The van der Waals surface area contributed by atoms with Gasteiger partial charge in [-0.2, -0.15) is 0 Å². The topological polar surface area (TPSA) is 66.2 Å². The van der Waals surface area contributed by atoms with Gasteiger partial charge in [0.25, 0.3) is 11.8 Å². The first-order valence-electron chi connectivity index (χ1n) is 11.1. The number of carbonyl (C=O) groups excluding carboxylic acids is 3. The minimum absolute atomic E-state index is 0.0867. The van der Waals surface area contributed by atoms with Crippen LogP contribution in [-0.2, 0) is 0 Å². The van der Waals surface area contributed by atoms with Crippen molar-refractivity contribution in [3.05, 3.63) is 138 Å². The number of carbonyl (C=O) groups is 3. The molecule has 1 saturated heterocycles. The van der Waals surface area contributed by atoms with Crippen LogP contribution in [0.1, 0.15) is 42.7 Å². The summed E-state index contributed by atoms with van der Waals surface area (Å²) in [6, 6.07) is 33.4. The molecule has 1 fully saturated rings. The Kier molecular flexibility index (Phi) is 5.75. The van der Waals surface area contributed by atoms with Crippen LogP contribution in [0.2, 0.25) is 0 Å². The average Bonchev–Trinajstić information content (AvgIpc) is 3.65. The predicted molar refractivity (Wildman–Crippen MR) is 131 cm³/mol. The van der Waals surface area contributed by atoms with Crippen molar-refractivity contribution in [1.29, 1.82) is 0 Å². The van der Waals surface area contributed by atoms with Crippen LogP contribution in [0.5, 0.6) is 0 Å². The third kappa shape index (κ3) is 4.24. The Morgan fingerprint density at radius 3 is 1.82 bits per heavy atom. The van der Waals surface area contributed by atoms with Crippen molar-refractivity contribution in [2.24, 2.45) is 0 Å². The van der Waals surface area contributed by atoms with E-state index < -0.39 is 6.04 Å². The molecule has 1 aliphatic heterocycles. The lowest BCUT2D eigenvalue weighted by Crippen LogP contribution is -2.19. The summed E-state index contributed by atoms with van der Waals surface area (Å²) in [4.78, 5) is 40.9. The molecule has 1 N–H and O–H groups in total. The number of amides is 2.